The molecule has 0 bridgehead atoms. The monoisotopic (exact) mass is 382 g/mol. The molecule has 0 aliphatic carbocycles. The van der Waals surface area contributed by atoms with Crippen LogP contribution in [-0.4, -0.2) is 41.1 Å². The molecule has 4 rings (SSSR count). The minimum absolute atomic E-state index is 0.0553. The van der Waals surface area contributed by atoms with Crippen molar-refractivity contribution >= 4 is 23.7 Å². The van der Waals surface area contributed by atoms with Crippen molar-refractivity contribution < 1.29 is 23.6 Å². The molecular formula is C19H18N4O5. The maximum atomic E-state index is 12.7. The first-order chi connectivity index (χ1) is 13.4. The fraction of sp³-hybridized carbons (Fsp3) is 0.263. The van der Waals surface area contributed by atoms with Gasteiger partial charge in [0.25, 0.3) is 0 Å². The Kier molecular flexibility index (Phi) is 4.34. The summed E-state index contributed by atoms with van der Waals surface area (Å²) in [6.07, 6.45) is 0. The first-order valence-corrected chi connectivity index (χ1v) is 8.70. The van der Waals surface area contributed by atoms with Crippen LogP contribution in [0, 0.1) is 13.8 Å². The maximum Gasteiger partial charge on any atom is 0.338 e. The highest BCUT2D eigenvalue weighted by molar-refractivity contribution is 5.99. The predicted molar refractivity (Wildman–Crippen MR) is 97.0 cm³/mol. The van der Waals surface area contributed by atoms with Crippen molar-refractivity contribution in [2.24, 2.45) is 0 Å². The van der Waals surface area contributed by atoms with Crippen molar-refractivity contribution in [3.63, 3.8) is 0 Å². The summed E-state index contributed by atoms with van der Waals surface area (Å²) in [5.41, 5.74) is 2.57. The number of hydrogen-bond donors (Lipinski definition) is 2. The van der Waals surface area contributed by atoms with Gasteiger partial charge in [-0.15, -0.1) is 0 Å². The highest BCUT2D eigenvalue weighted by Crippen LogP contribution is 2.35. The summed E-state index contributed by atoms with van der Waals surface area (Å²) in [4.78, 5) is 38.5. The van der Waals surface area contributed by atoms with E-state index in [0.29, 0.717) is 17.0 Å². The lowest BCUT2D eigenvalue weighted by atomic mass is 9.95. The van der Waals surface area contributed by atoms with E-state index in [1.54, 1.807) is 13.0 Å². The lowest BCUT2D eigenvalue weighted by Crippen LogP contribution is -2.49. The molecule has 0 saturated carbocycles. The van der Waals surface area contributed by atoms with E-state index in [0.717, 1.165) is 11.1 Å². The molecule has 1 aromatic carbocycles. The number of esters is 1. The van der Waals surface area contributed by atoms with Crippen molar-refractivity contribution in [2.45, 2.75) is 19.9 Å². The number of urea groups is 1. The molecule has 0 saturated heterocycles. The zero-order chi connectivity index (χ0) is 19.8. The second kappa shape index (κ2) is 6.84. The maximum absolute atomic E-state index is 12.7. The number of nitrogens with one attached hydrogen (secondary N) is 2. The number of carbonyl (C=O) groups is 3. The minimum atomic E-state index is -0.615. The molecule has 2 N–H and O–H groups in total. The van der Waals surface area contributed by atoms with Crippen molar-refractivity contribution in [1.82, 2.24) is 15.4 Å². The standard InChI is InChI=1S/C19H18N4O5/c1-10-3-5-12(6-4-10)17-16-13(9-27-18(16)25)23(19(26)21-17)8-15(24)20-14-7-11(2)28-22-14/h3-7,17H,8-9H2,1-2H3,(H,21,26)(H,20,22,24)/t17-/m0/s1. The van der Waals surface area contributed by atoms with Crippen molar-refractivity contribution in [1.29, 1.82) is 0 Å². The van der Waals surface area contributed by atoms with Gasteiger partial charge < -0.3 is 19.9 Å². The zero-order valence-electron chi connectivity index (χ0n) is 15.3. The zero-order valence-corrected chi connectivity index (χ0v) is 15.3. The van der Waals surface area contributed by atoms with Gasteiger partial charge in [0.15, 0.2) is 5.82 Å². The lowest BCUT2D eigenvalue weighted by Gasteiger charge is -2.32. The Morgan fingerprint density at radius 2 is 2.04 bits per heavy atom. The third kappa shape index (κ3) is 3.22. The molecule has 0 spiro atoms. The highest BCUT2D eigenvalue weighted by atomic mass is 16.5. The van der Waals surface area contributed by atoms with Crippen LogP contribution in [0.2, 0.25) is 0 Å². The number of anilines is 1. The van der Waals surface area contributed by atoms with E-state index in [2.05, 4.69) is 15.8 Å². The molecule has 0 radical (unpaired) electrons. The quantitative estimate of drug-likeness (QED) is 0.780. The lowest BCUT2D eigenvalue weighted by molar-refractivity contribution is -0.136. The van der Waals surface area contributed by atoms with Crippen LogP contribution < -0.4 is 10.6 Å². The van der Waals surface area contributed by atoms with Crippen LogP contribution in [0.5, 0.6) is 0 Å². The largest absolute Gasteiger partial charge is 0.456 e. The van der Waals surface area contributed by atoms with Crippen molar-refractivity contribution in [2.75, 3.05) is 18.5 Å². The Hall–Kier alpha value is -3.62. The first kappa shape index (κ1) is 17.8. The highest BCUT2D eigenvalue weighted by Gasteiger charge is 2.42. The Morgan fingerprint density at radius 1 is 1.29 bits per heavy atom. The van der Waals surface area contributed by atoms with Gasteiger partial charge in [-0.3, -0.25) is 9.69 Å². The number of benzene rings is 1. The molecule has 28 heavy (non-hydrogen) atoms. The van der Waals surface area contributed by atoms with Crippen LogP contribution in [0.4, 0.5) is 10.6 Å². The smallest absolute Gasteiger partial charge is 0.338 e. The Morgan fingerprint density at radius 3 is 2.71 bits per heavy atom. The number of ether oxygens (including phenoxy) is 1. The fourth-order valence-corrected chi connectivity index (χ4v) is 3.24. The van der Waals surface area contributed by atoms with Crippen LogP contribution in [-0.2, 0) is 14.3 Å². The van der Waals surface area contributed by atoms with E-state index in [9.17, 15) is 14.4 Å². The van der Waals surface area contributed by atoms with Crippen LogP contribution >= 0.6 is 0 Å². The van der Waals surface area contributed by atoms with Gasteiger partial charge in [0.1, 0.15) is 18.9 Å². The summed E-state index contributed by atoms with van der Waals surface area (Å²) in [7, 11) is 0. The predicted octanol–water partition coefficient (Wildman–Crippen LogP) is 1.81. The number of carbonyl (C=O) groups excluding carboxylic acids is 3. The third-order valence-electron chi connectivity index (χ3n) is 4.61. The molecule has 0 fully saturated rings. The minimum Gasteiger partial charge on any atom is -0.456 e. The number of amides is 3. The molecule has 144 valence electrons. The summed E-state index contributed by atoms with van der Waals surface area (Å²) in [5, 5.41) is 9.04. The summed E-state index contributed by atoms with van der Waals surface area (Å²) >= 11 is 0. The molecule has 9 heteroatoms. The molecule has 3 amide bonds. The van der Waals surface area contributed by atoms with Crippen LogP contribution in [0.1, 0.15) is 22.9 Å². The van der Waals surface area contributed by atoms with Gasteiger partial charge in [-0.2, -0.15) is 0 Å². The summed E-state index contributed by atoms with van der Waals surface area (Å²) in [5.74, 6) is -0.168. The van der Waals surface area contributed by atoms with Gasteiger partial charge in [0.2, 0.25) is 5.91 Å². The second-order valence-corrected chi connectivity index (χ2v) is 6.69. The van der Waals surface area contributed by atoms with Crippen LogP contribution in [0.25, 0.3) is 0 Å². The van der Waals surface area contributed by atoms with E-state index in [-0.39, 0.29) is 19.0 Å². The molecule has 1 atom stereocenters. The Balaban J connectivity index is 1.59. The normalized spacial score (nSPS) is 18.6. The Labute approximate surface area is 160 Å². The number of nitrogens with zero attached hydrogens (tertiary/aromatic N) is 2. The number of rotatable bonds is 4. The van der Waals surface area contributed by atoms with E-state index in [1.165, 1.54) is 4.90 Å². The van der Waals surface area contributed by atoms with Gasteiger partial charge >= 0.3 is 12.0 Å². The molecule has 2 aliphatic heterocycles. The van der Waals surface area contributed by atoms with E-state index >= 15 is 0 Å². The topological polar surface area (TPSA) is 114 Å². The van der Waals surface area contributed by atoms with E-state index in [4.69, 9.17) is 9.26 Å². The molecule has 2 aliphatic rings. The second-order valence-electron chi connectivity index (χ2n) is 6.69. The molecule has 3 heterocycles. The van der Waals surface area contributed by atoms with Gasteiger partial charge in [-0.25, -0.2) is 9.59 Å². The average Bonchev–Trinajstić information content (AvgIpc) is 3.24. The number of aryl methyl sites for hydroxylation is 2. The molecule has 0 unspecified atom stereocenters. The molecule has 9 nitrogen and oxygen atoms in total. The molecule has 2 aromatic rings. The van der Waals surface area contributed by atoms with Gasteiger partial charge in [0, 0.05) is 6.07 Å². The first-order valence-electron chi connectivity index (χ1n) is 8.70. The average molecular weight is 382 g/mol. The van der Waals surface area contributed by atoms with Gasteiger partial charge in [-0.1, -0.05) is 35.0 Å². The molecule has 1 aromatic heterocycles. The van der Waals surface area contributed by atoms with Crippen molar-refractivity contribution in [3.8, 4) is 0 Å². The number of cyclic esters (lactones) is 1. The number of hydrogen-bond acceptors (Lipinski definition) is 6. The van der Waals surface area contributed by atoms with E-state index in [1.807, 2.05) is 31.2 Å². The summed E-state index contributed by atoms with van der Waals surface area (Å²) < 4.78 is 10.1. The van der Waals surface area contributed by atoms with Gasteiger partial charge in [0.05, 0.1) is 17.3 Å². The number of aromatic nitrogens is 1. The SMILES string of the molecule is Cc1ccc([C@@H]2NC(=O)N(CC(=O)Nc3cc(C)on3)C3=C2C(=O)OC3)cc1. The van der Waals surface area contributed by atoms with Gasteiger partial charge in [-0.05, 0) is 19.4 Å². The Bertz CT molecular complexity index is 992. The van der Waals surface area contributed by atoms with Crippen molar-refractivity contribution in [3.05, 3.63) is 58.5 Å². The molecular weight excluding hydrogens is 364 g/mol. The third-order valence-corrected chi connectivity index (χ3v) is 4.61. The summed E-state index contributed by atoms with van der Waals surface area (Å²) in [6.45, 7) is 3.31. The fourth-order valence-electron chi connectivity index (χ4n) is 3.24. The van der Waals surface area contributed by atoms with Crippen LogP contribution in [0.15, 0.2) is 46.1 Å². The summed E-state index contributed by atoms with van der Waals surface area (Å²) in [6, 6.07) is 7.99. The van der Waals surface area contributed by atoms with Crippen LogP contribution in [0.3, 0.4) is 0 Å². The van der Waals surface area contributed by atoms with E-state index < -0.39 is 23.9 Å².